The summed E-state index contributed by atoms with van der Waals surface area (Å²) in [7, 11) is 0. The van der Waals surface area contributed by atoms with Crippen LogP contribution < -0.4 is 0 Å². The number of azide groups is 1. The largest absolute Gasteiger partial charge is 0.462 e. The van der Waals surface area contributed by atoms with Crippen molar-refractivity contribution in [3.63, 3.8) is 0 Å². The van der Waals surface area contributed by atoms with Gasteiger partial charge >= 0.3 is 5.97 Å². The summed E-state index contributed by atoms with van der Waals surface area (Å²) in [5.74, 6) is -0.476. The van der Waals surface area contributed by atoms with Gasteiger partial charge in [-0.15, -0.1) is 0 Å². The zero-order valence-electron chi connectivity index (χ0n) is 7.67. The van der Waals surface area contributed by atoms with Gasteiger partial charge in [0, 0.05) is 4.91 Å². The Morgan fingerprint density at radius 1 is 1.57 bits per heavy atom. The molecular weight excluding hydrogens is 182 g/mol. The molecule has 0 fully saturated rings. The summed E-state index contributed by atoms with van der Waals surface area (Å²) in [5, 5.41) is 3.39. The molecule has 0 N–H and O–H groups in total. The van der Waals surface area contributed by atoms with Crippen molar-refractivity contribution in [3.8, 4) is 0 Å². The molecule has 0 spiro atoms. The Bertz CT molecular complexity index is 383. The SMILES string of the molecule is CCOC(=O)c1ccccc1N=[N+]=[N-]. The number of carbonyl (C=O) groups is 1. The molecule has 14 heavy (non-hydrogen) atoms. The smallest absolute Gasteiger partial charge is 0.338 e. The van der Waals surface area contributed by atoms with Crippen LogP contribution in [0.3, 0.4) is 0 Å². The molecule has 72 valence electrons. The second-order valence-corrected chi connectivity index (χ2v) is 2.43. The van der Waals surface area contributed by atoms with E-state index in [-0.39, 0.29) is 11.3 Å². The highest BCUT2D eigenvalue weighted by molar-refractivity contribution is 5.94. The molecule has 5 heteroatoms. The van der Waals surface area contributed by atoms with Crippen LogP contribution in [0.15, 0.2) is 29.4 Å². The van der Waals surface area contributed by atoms with Gasteiger partial charge in [0.05, 0.1) is 17.9 Å². The van der Waals surface area contributed by atoms with Crippen LogP contribution in [-0.4, -0.2) is 12.6 Å². The molecule has 1 rings (SSSR count). The lowest BCUT2D eigenvalue weighted by molar-refractivity contribution is 0.0527. The Morgan fingerprint density at radius 2 is 2.29 bits per heavy atom. The molecular formula is C9H9N3O2. The monoisotopic (exact) mass is 191 g/mol. The first-order valence-corrected chi connectivity index (χ1v) is 4.10. The van der Waals surface area contributed by atoms with E-state index in [2.05, 4.69) is 10.0 Å². The number of ether oxygens (including phenoxy) is 1. The quantitative estimate of drug-likeness (QED) is 0.319. The van der Waals surface area contributed by atoms with Gasteiger partial charge in [-0.05, 0) is 18.5 Å². The molecule has 0 aliphatic carbocycles. The van der Waals surface area contributed by atoms with Crippen LogP contribution in [0.2, 0.25) is 0 Å². The summed E-state index contributed by atoms with van der Waals surface area (Å²) in [6, 6.07) is 6.49. The highest BCUT2D eigenvalue weighted by Crippen LogP contribution is 2.19. The van der Waals surface area contributed by atoms with Gasteiger partial charge in [-0.2, -0.15) is 0 Å². The van der Waals surface area contributed by atoms with Crippen molar-refractivity contribution in [2.24, 2.45) is 5.11 Å². The van der Waals surface area contributed by atoms with Crippen LogP contribution in [0.25, 0.3) is 10.4 Å². The minimum atomic E-state index is -0.476. The van der Waals surface area contributed by atoms with Gasteiger partial charge < -0.3 is 4.74 Å². The third kappa shape index (κ3) is 2.24. The van der Waals surface area contributed by atoms with Crippen molar-refractivity contribution in [3.05, 3.63) is 40.3 Å². The van der Waals surface area contributed by atoms with Crippen molar-refractivity contribution in [2.45, 2.75) is 6.92 Å². The number of hydrogen-bond donors (Lipinski definition) is 0. The second kappa shape index (κ2) is 4.89. The lowest BCUT2D eigenvalue weighted by Crippen LogP contribution is -2.04. The zero-order chi connectivity index (χ0) is 10.4. The van der Waals surface area contributed by atoms with E-state index >= 15 is 0 Å². The maximum atomic E-state index is 11.3. The third-order valence-corrected chi connectivity index (χ3v) is 1.55. The van der Waals surface area contributed by atoms with Gasteiger partial charge in [0.15, 0.2) is 0 Å². The number of hydrogen-bond acceptors (Lipinski definition) is 3. The Balaban J connectivity index is 3.06. The fourth-order valence-corrected chi connectivity index (χ4v) is 0.990. The molecule has 0 radical (unpaired) electrons. The fraction of sp³-hybridized carbons (Fsp3) is 0.222. The van der Waals surface area contributed by atoms with Crippen molar-refractivity contribution in [2.75, 3.05) is 6.61 Å². The van der Waals surface area contributed by atoms with E-state index in [0.717, 1.165) is 0 Å². The lowest BCUT2D eigenvalue weighted by atomic mass is 10.2. The highest BCUT2D eigenvalue weighted by Gasteiger charge is 2.09. The normalized spacial score (nSPS) is 8.93. The van der Waals surface area contributed by atoms with E-state index in [1.54, 1.807) is 31.2 Å². The molecule has 0 saturated heterocycles. The van der Waals surface area contributed by atoms with Gasteiger partial charge in [-0.25, -0.2) is 4.79 Å². The van der Waals surface area contributed by atoms with E-state index in [0.29, 0.717) is 6.61 Å². The number of rotatable bonds is 3. The molecule has 1 aromatic carbocycles. The first kappa shape index (κ1) is 10.1. The van der Waals surface area contributed by atoms with Gasteiger partial charge in [-0.3, -0.25) is 0 Å². The first-order chi connectivity index (χ1) is 6.79. The average molecular weight is 191 g/mol. The number of benzene rings is 1. The van der Waals surface area contributed by atoms with Crippen molar-refractivity contribution < 1.29 is 9.53 Å². The van der Waals surface area contributed by atoms with Gasteiger partial charge in [0.25, 0.3) is 0 Å². The van der Waals surface area contributed by atoms with E-state index < -0.39 is 5.97 Å². The maximum absolute atomic E-state index is 11.3. The Morgan fingerprint density at radius 3 is 2.93 bits per heavy atom. The summed E-state index contributed by atoms with van der Waals surface area (Å²) in [6.45, 7) is 2.01. The van der Waals surface area contributed by atoms with E-state index in [1.807, 2.05) is 0 Å². The van der Waals surface area contributed by atoms with Gasteiger partial charge in [0.1, 0.15) is 0 Å². The Kier molecular flexibility index (Phi) is 3.52. The van der Waals surface area contributed by atoms with Crippen LogP contribution in [0.1, 0.15) is 17.3 Å². The van der Waals surface area contributed by atoms with Crippen LogP contribution in [0.4, 0.5) is 5.69 Å². The molecule has 1 aromatic rings. The summed E-state index contributed by atoms with van der Waals surface area (Å²) in [5.41, 5.74) is 8.83. The topological polar surface area (TPSA) is 75.1 Å². The molecule has 0 amide bonds. The lowest BCUT2D eigenvalue weighted by Gasteiger charge is -2.03. The molecule has 0 bridgehead atoms. The van der Waals surface area contributed by atoms with E-state index in [4.69, 9.17) is 10.3 Å². The molecule has 0 atom stereocenters. The zero-order valence-corrected chi connectivity index (χ0v) is 7.67. The summed E-state index contributed by atoms with van der Waals surface area (Å²) < 4.78 is 4.79. The molecule has 0 aliphatic rings. The summed E-state index contributed by atoms with van der Waals surface area (Å²) in [6.07, 6.45) is 0. The fourth-order valence-electron chi connectivity index (χ4n) is 0.990. The molecule has 5 nitrogen and oxygen atoms in total. The predicted octanol–water partition coefficient (Wildman–Crippen LogP) is 2.81. The first-order valence-electron chi connectivity index (χ1n) is 4.10. The van der Waals surface area contributed by atoms with E-state index in [9.17, 15) is 4.79 Å². The number of nitrogens with zero attached hydrogens (tertiary/aromatic N) is 3. The summed E-state index contributed by atoms with van der Waals surface area (Å²) >= 11 is 0. The minimum Gasteiger partial charge on any atom is -0.462 e. The highest BCUT2D eigenvalue weighted by atomic mass is 16.5. The van der Waals surface area contributed by atoms with Crippen LogP contribution in [0, 0.1) is 0 Å². The molecule has 0 saturated carbocycles. The van der Waals surface area contributed by atoms with Crippen molar-refractivity contribution in [1.29, 1.82) is 0 Å². The van der Waals surface area contributed by atoms with Crippen molar-refractivity contribution in [1.82, 2.24) is 0 Å². The maximum Gasteiger partial charge on any atom is 0.338 e. The van der Waals surface area contributed by atoms with Gasteiger partial charge in [0.2, 0.25) is 0 Å². The van der Waals surface area contributed by atoms with Gasteiger partial charge in [-0.1, -0.05) is 23.3 Å². The number of carbonyl (C=O) groups excluding carboxylic acids is 1. The third-order valence-electron chi connectivity index (χ3n) is 1.55. The number of esters is 1. The van der Waals surface area contributed by atoms with Crippen molar-refractivity contribution >= 4 is 11.7 Å². The minimum absolute atomic E-state index is 0.284. The Hall–Kier alpha value is -2.00. The molecule has 0 heterocycles. The van der Waals surface area contributed by atoms with Crippen LogP contribution in [-0.2, 0) is 4.74 Å². The predicted molar refractivity (Wildman–Crippen MR) is 51.2 cm³/mol. The molecule has 0 aliphatic heterocycles. The standard InChI is InChI=1S/C9H9N3O2/c1-2-14-9(13)7-5-3-4-6-8(7)11-12-10/h3-6H,2H2,1H3. The second-order valence-electron chi connectivity index (χ2n) is 2.43. The van der Waals surface area contributed by atoms with E-state index in [1.165, 1.54) is 0 Å². The van der Waals surface area contributed by atoms with Crippen LogP contribution >= 0.6 is 0 Å². The molecule has 0 unspecified atom stereocenters. The average Bonchev–Trinajstić information content (AvgIpc) is 2.19. The molecule has 0 aromatic heterocycles. The Labute approximate surface area is 80.9 Å². The van der Waals surface area contributed by atoms with Crippen LogP contribution in [0.5, 0.6) is 0 Å². The summed E-state index contributed by atoms with van der Waals surface area (Å²) in [4.78, 5) is 14.0.